The predicted molar refractivity (Wildman–Crippen MR) is 65.4 cm³/mol. The molecule has 3 atom stereocenters. The SMILES string of the molecule is O=C(C1CCCCC1)N1CC2CCC(O)C2C1. The predicted octanol–water partition coefficient (Wildman–Crippen LogP) is 1.80. The van der Waals surface area contributed by atoms with E-state index in [2.05, 4.69) is 0 Å². The molecule has 1 N–H and O–H groups in total. The van der Waals surface area contributed by atoms with Crippen LogP contribution in [0.25, 0.3) is 0 Å². The summed E-state index contributed by atoms with van der Waals surface area (Å²) >= 11 is 0. The second-order valence-electron chi connectivity index (χ2n) is 6.15. The van der Waals surface area contributed by atoms with Gasteiger partial charge in [0.15, 0.2) is 0 Å². The molecule has 1 saturated heterocycles. The molecule has 2 saturated carbocycles. The van der Waals surface area contributed by atoms with Gasteiger partial charge in [-0.3, -0.25) is 4.79 Å². The first-order valence-corrected chi connectivity index (χ1v) is 7.22. The number of hydrogen-bond donors (Lipinski definition) is 1. The molecule has 0 bridgehead atoms. The quantitative estimate of drug-likeness (QED) is 0.755. The van der Waals surface area contributed by atoms with Gasteiger partial charge in [0, 0.05) is 24.9 Å². The van der Waals surface area contributed by atoms with Crippen LogP contribution in [0.1, 0.15) is 44.9 Å². The molecule has 3 rings (SSSR count). The van der Waals surface area contributed by atoms with Crippen LogP contribution in [0.5, 0.6) is 0 Å². The topological polar surface area (TPSA) is 40.5 Å². The van der Waals surface area contributed by atoms with Gasteiger partial charge in [-0.05, 0) is 31.6 Å². The van der Waals surface area contributed by atoms with E-state index in [9.17, 15) is 9.90 Å². The van der Waals surface area contributed by atoms with E-state index in [1.165, 1.54) is 19.3 Å². The van der Waals surface area contributed by atoms with Gasteiger partial charge < -0.3 is 10.0 Å². The first-order chi connectivity index (χ1) is 8.25. The first kappa shape index (κ1) is 11.5. The van der Waals surface area contributed by atoms with Crippen molar-refractivity contribution >= 4 is 5.91 Å². The Balaban J connectivity index is 1.60. The highest BCUT2D eigenvalue weighted by molar-refractivity contribution is 5.79. The number of hydrogen-bond acceptors (Lipinski definition) is 2. The van der Waals surface area contributed by atoms with Crippen molar-refractivity contribution in [3.63, 3.8) is 0 Å². The fourth-order valence-electron chi connectivity index (χ4n) is 4.02. The molecule has 0 spiro atoms. The van der Waals surface area contributed by atoms with Gasteiger partial charge in [-0.15, -0.1) is 0 Å². The van der Waals surface area contributed by atoms with Crippen LogP contribution in [0.2, 0.25) is 0 Å². The molecule has 3 nitrogen and oxygen atoms in total. The standard InChI is InChI=1S/C14H23NO2/c16-13-7-6-11-8-15(9-12(11)13)14(17)10-4-2-1-3-5-10/h10-13,16H,1-9H2. The van der Waals surface area contributed by atoms with Gasteiger partial charge in [0.05, 0.1) is 6.10 Å². The molecule has 3 heteroatoms. The van der Waals surface area contributed by atoms with Crippen LogP contribution in [0.4, 0.5) is 0 Å². The van der Waals surface area contributed by atoms with E-state index in [0.29, 0.717) is 23.7 Å². The number of rotatable bonds is 1. The third-order valence-electron chi connectivity index (χ3n) is 5.09. The lowest BCUT2D eigenvalue weighted by molar-refractivity contribution is -0.135. The summed E-state index contributed by atoms with van der Waals surface area (Å²) in [6, 6.07) is 0. The molecule has 0 radical (unpaired) electrons. The minimum Gasteiger partial charge on any atom is -0.393 e. The number of likely N-dealkylation sites (tertiary alicyclic amines) is 1. The zero-order valence-electron chi connectivity index (χ0n) is 10.5. The van der Waals surface area contributed by atoms with Crippen LogP contribution in [-0.2, 0) is 4.79 Å². The molecule has 0 aromatic carbocycles. The third kappa shape index (κ3) is 2.10. The normalized spacial score (nSPS) is 38.4. The van der Waals surface area contributed by atoms with Crippen molar-refractivity contribution in [3.05, 3.63) is 0 Å². The lowest BCUT2D eigenvalue weighted by Crippen LogP contribution is -2.36. The Kier molecular flexibility index (Phi) is 3.12. The minimum atomic E-state index is -0.149. The molecule has 1 heterocycles. The lowest BCUT2D eigenvalue weighted by Gasteiger charge is -2.27. The zero-order valence-corrected chi connectivity index (χ0v) is 10.5. The summed E-state index contributed by atoms with van der Waals surface area (Å²) in [5.41, 5.74) is 0. The molecule has 0 aromatic heterocycles. The van der Waals surface area contributed by atoms with Gasteiger partial charge in [-0.2, -0.15) is 0 Å². The fourth-order valence-corrected chi connectivity index (χ4v) is 4.02. The molecule has 3 aliphatic rings. The third-order valence-corrected chi connectivity index (χ3v) is 5.09. The van der Waals surface area contributed by atoms with Gasteiger partial charge in [0.1, 0.15) is 0 Å². The number of carbonyl (C=O) groups is 1. The van der Waals surface area contributed by atoms with E-state index < -0.39 is 0 Å². The van der Waals surface area contributed by atoms with Crippen molar-refractivity contribution in [1.82, 2.24) is 4.90 Å². The molecular weight excluding hydrogens is 214 g/mol. The maximum Gasteiger partial charge on any atom is 0.225 e. The van der Waals surface area contributed by atoms with E-state index in [0.717, 1.165) is 38.8 Å². The van der Waals surface area contributed by atoms with Crippen molar-refractivity contribution in [1.29, 1.82) is 0 Å². The number of amides is 1. The lowest BCUT2D eigenvalue weighted by atomic mass is 9.88. The molecule has 17 heavy (non-hydrogen) atoms. The van der Waals surface area contributed by atoms with Gasteiger partial charge in [-0.1, -0.05) is 19.3 Å². The summed E-state index contributed by atoms with van der Waals surface area (Å²) in [5.74, 6) is 1.63. The van der Waals surface area contributed by atoms with Crippen molar-refractivity contribution in [2.75, 3.05) is 13.1 Å². The van der Waals surface area contributed by atoms with Crippen LogP contribution >= 0.6 is 0 Å². The van der Waals surface area contributed by atoms with E-state index in [1.54, 1.807) is 0 Å². The van der Waals surface area contributed by atoms with Gasteiger partial charge in [0.25, 0.3) is 0 Å². The molecule has 0 aromatic rings. The highest BCUT2D eigenvalue weighted by atomic mass is 16.3. The number of aliphatic hydroxyl groups is 1. The van der Waals surface area contributed by atoms with Crippen LogP contribution in [0.3, 0.4) is 0 Å². The average molecular weight is 237 g/mol. The summed E-state index contributed by atoms with van der Waals surface area (Å²) in [5, 5.41) is 9.87. The molecule has 1 aliphatic heterocycles. The molecule has 3 fully saturated rings. The summed E-state index contributed by atoms with van der Waals surface area (Å²) in [7, 11) is 0. The summed E-state index contributed by atoms with van der Waals surface area (Å²) in [6.07, 6.45) is 7.83. The Morgan fingerprint density at radius 1 is 1.00 bits per heavy atom. The highest BCUT2D eigenvalue weighted by Gasteiger charge is 2.44. The highest BCUT2D eigenvalue weighted by Crippen LogP contribution is 2.39. The van der Waals surface area contributed by atoms with Crippen LogP contribution in [-0.4, -0.2) is 35.1 Å². The molecule has 2 aliphatic carbocycles. The Labute approximate surface area is 103 Å². The van der Waals surface area contributed by atoms with Crippen molar-refractivity contribution in [3.8, 4) is 0 Å². The smallest absolute Gasteiger partial charge is 0.225 e. The largest absolute Gasteiger partial charge is 0.393 e. The Morgan fingerprint density at radius 3 is 2.47 bits per heavy atom. The number of nitrogens with zero attached hydrogens (tertiary/aromatic N) is 1. The van der Waals surface area contributed by atoms with Crippen molar-refractivity contribution in [2.24, 2.45) is 17.8 Å². The zero-order chi connectivity index (χ0) is 11.8. The summed E-state index contributed by atoms with van der Waals surface area (Å²) in [4.78, 5) is 14.4. The first-order valence-electron chi connectivity index (χ1n) is 7.22. The van der Waals surface area contributed by atoms with Gasteiger partial charge >= 0.3 is 0 Å². The fraction of sp³-hybridized carbons (Fsp3) is 0.929. The average Bonchev–Trinajstić information content (AvgIpc) is 2.92. The number of aliphatic hydroxyl groups excluding tert-OH is 1. The van der Waals surface area contributed by atoms with Crippen LogP contribution < -0.4 is 0 Å². The van der Waals surface area contributed by atoms with E-state index in [-0.39, 0.29) is 6.10 Å². The number of carbonyl (C=O) groups excluding carboxylic acids is 1. The second-order valence-corrected chi connectivity index (χ2v) is 6.15. The van der Waals surface area contributed by atoms with E-state index >= 15 is 0 Å². The van der Waals surface area contributed by atoms with Crippen molar-refractivity contribution < 1.29 is 9.90 Å². The molecular formula is C14H23NO2. The monoisotopic (exact) mass is 237 g/mol. The summed E-state index contributed by atoms with van der Waals surface area (Å²) < 4.78 is 0. The summed E-state index contributed by atoms with van der Waals surface area (Å²) in [6.45, 7) is 1.73. The maximum absolute atomic E-state index is 12.4. The molecule has 96 valence electrons. The van der Waals surface area contributed by atoms with Crippen LogP contribution in [0.15, 0.2) is 0 Å². The Hall–Kier alpha value is -0.570. The van der Waals surface area contributed by atoms with E-state index in [1.807, 2.05) is 4.90 Å². The maximum atomic E-state index is 12.4. The van der Waals surface area contributed by atoms with Crippen LogP contribution in [0, 0.1) is 17.8 Å². The van der Waals surface area contributed by atoms with Gasteiger partial charge in [0.2, 0.25) is 5.91 Å². The molecule has 1 amide bonds. The van der Waals surface area contributed by atoms with Gasteiger partial charge in [-0.25, -0.2) is 0 Å². The minimum absolute atomic E-state index is 0.149. The Bertz CT molecular complexity index is 299. The Morgan fingerprint density at radius 2 is 1.76 bits per heavy atom. The number of fused-ring (bicyclic) bond motifs is 1. The molecule has 3 unspecified atom stereocenters. The second kappa shape index (κ2) is 4.60. The van der Waals surface area contributed by atoms with E-state index in [4.69, 9.17) is 0 Å². The van der Waals surface area contributed by atoms with Crippen molar-refractivity contribution in [2.45, 2.75) is 51.0 Å².